The van der Waals surface area contributed by atoms with Gasteiger partial charge in [0.05, 0.1) is 0 Å². The van der Waals surface area contributed by atoms with Gasteiger partial charge < -0.3 is 15.7 Å². The fraction of sp³-hybridized carbons (Fsp3) is 0.615. The summed E-state index contributed by atoms with van der Waals surface area (Å²) in [7, 11) is 0. The summed E-state index contributed by atoms with van der Waals surface area (Å²) in [6.07, 6.45) is 2.46. The molecule has 0 fully saturated rings. The van der Waals surface area contributed by atoms with Crippen LogP contribution in [0.3, 0.4) is 0 Å². The lowest BCUT2D eigenvalue weighted by atomic mass is 10.1. The molecule has 0 aliphatic rings. The second-order valence-corrected chi connectivity index (χ2v) is 5.45. The van der Waals surface area contributed by atoms with E-state index in [1.54, 1.807) is 19.9 Å². The molecular weight excluding hydrogens is 244 g/mol. The highest BCUT2D eigenvalue weighted by Gasteiger charge is 2.27. The van der Waals surface area contributed by atoms with E-state index in [1.807, 2.05) is 0 Å². The summed E-state index contributed by atoms with van der Waals surface area (Å²) < 4.78 is 0. The molecule has 0 bridgehead atoms. The summed E-state index contributed by atoms with van der Waals surface area (Å²) in [6, 6.07) is 1.71. The van der Waals surface area contributed by atoms with E-state index in [1.165, 1.54) is 6.33 Å². The van der Waals surface area contributed by atoms with Crippen molar-refractivity contribution in [1.82, 2.24) is 9.97 Å². The average molecular weight is 266 g/mol. The highest BCUT2D eigenvalue weighted by Crippen LogP contribution is 2.15. The summed E-state index contributed by atoms with van der Waals surface area (Å²) in [5, 5.41) is 15.1. The van der Waals surface area contributed by atoms with Crippen LogP contribution in [0.25, 0.3) is 0 Å². The molecule has 0 aliphatic heterocycles. The van der Waals surface area contributed by atoms with E-state index < -0.39 is 11.5 Å². The molecule has 1 rings (SSSR count). The SMILES string of the molecule is CC(C)CCNc1cc(NC(C)(C)C(=O)O)ncn1. The third-order valence-corrected chi connectivity index (χ3v) is 2.67. The number of anilines is 2. The van der Waals surface area contributed by atoms with Gasteiger partial charge in [-0.05, 0) is 26.2 Å². The number of carboxylic acids is 1. The van der Waals surface area contributed by atoms with Crippen molar-refractivity contribution in [3.8, 4) is 0 Å². The maximum atomic E-state index is 11.0. The van der Waals surface area contributed by atoms with Crippen LogP contribution in [-0.2, 0) is 4.79 Å². The zero-order chi connectivity index (χ0) is 14.5. The van der Waals surface area contributed by atoms with Gasteiger partial charge in [0.2, 0.25) is 0 Å². The van der Waals surface area contributed by atoms with Crippen molar-refractivity contribution in [3.05, 3.63) is 12.4 Å². The Bertz CT molecular complexity index is 432. The van der Waals surface area contributed by atoms with E-state index >= 15 is 0 Å². The Balaban J connectivity index is 2.64. The zero-order valence-corrected chi connectivity index (χ0v) is 11.9. The standard InChI is InChI=1S/C13H22N4O2/c1-9(2)5-6-14-10-7-11(16-8-15-10)17-13(3,4)12(18)19/h7-9H,5-6H2,1-4H3,(H,18,19)(H2,14,15,16,17). The van der Waals surface area contributed by atoms with Crippen LogP contribution in [0.4, 0.5) is 11.6 Å². The van der Waals surface area contributed by atoms with Gasteiger partial charge in [-0.1, -0.05) is 13.8 Å². The van der Waals surface area contributed by atoms with Gasteiger partial charge in [-0.3, -0.25) is 0 Å². The van der Waals surface area contributed by atoms with E-state index in [0.717, 1.165) is 13.0 Å². The van der Waals surface area contributed by atoms with Gasteiger partial charge in [0.1, 0.15) is 23.5 Å². The fourth-order valence-electron chi connectivity index (χ4n) is 1.38. The lowest BCUT2D eigenvalue weighted by Crippen LogP contribution is -2.40. The van der Waals surface area contributed by atoms with Crippen LogP contribution in [0, 0.1) is 5.92 Å². The van der Waals surface area contributed by atoms with Crippen molar-refractivity contribution in [2.75, 3.05) is 17.2 Å². The lowest BCUT2D eigenvalue weighted by Gasteiger charge is -2.21. The molecule has 0 saturated carbocycles. The molecule has 6 heteroatoms. The second-order valence-electron chi connectivity index (χ2n) is 5.45. The van der Waals surface area contributed by atoms with Crippen molar-refractivity contribution in [3.63, 3.8) is 0 Å². The maximum absolute atomic E-state index is 11.0. The highest BCUT2D eigenvalue weighted by atomic mass is 16.4. The molecule has 3 N–H and O–H groups in total. The van der Waals surface area contributed by atoms with Crippen molar-refractivity contribution >= 4 is 17.6 Å². The van der Waals surface area contributed by atoms with Crippen LogP contribution in [0.2, 0.25) is 0 Å². The molecule has 1 aromatic rings. The third kappa shape index (κ3) is 5.11. The Morgan fingerprint density at radius 3 is 2.58 bits per heavy atom. The smallest absolute Gasteiger partial charge is 0.328 e. The van der Waals surface area contributed by atoms with Crippen LogP contribution in [0.15, 0.2) is 12.4 Å². The minimum absolute atomic E-state index is 0.495. The molecule has 106 valence electrons. The number of hydrogen-bond acceptors (Lipinski definition) is 5. The van der Waals surface area contributed by atoms with Gasteiger partial charge in [0, 0.05) is 12.6 Å². The van der Waals surface area contributed by atoms with Crippen LogP contribution >= 0.6 is 0 Å². The van der Waals surface area contributed by atoms with Crippen molar-refractivity contribution < 1.29 is 9.90 Å². The number of aliphatic carboxylic acids is 1. The van der Waals surface area contributed by atoms with Crippen LogP contribution < -0.4 is 10.6 Å². The third-order valence-electron chi connectivity index (χ3n) is 2.67. The predicted octanol–water partition coefficient (Wildman–Crippen LogP) is 2.21. The first kappa shape index (κ1) is 15.2. The normalized spacial score (nSPS) is 11.4. The molecule has 0 radical (unpaired) electrons. The minimum atomic E-state index is -1.07. The first-order valence-electron chi connectivity index (χ1n) is 6.39. The maximum Gasteiger partial charge on any atom is 0.328 e. The zero-order valence-electron chi connectivity index (χ0n) is 11.9. The minimum Gasteiger partial charge on any atom is -0.480 e. The summed E-state index contributed by atoms with van der Waals surface area (Å²) in [4.78, 5) is 19.2. The Morgan fingerprint density at radius 1 is 1.37 bits per heavy atom. The molecule has 0 unspecified atom stereocenters. The van der Waals surface area contributed by atoms with E-state index in [0.29, 0.717) is 17.6 Å². The van der Waals surface area contributed by atoms with Gasteiger partial charge in [-0.2, -0.15) is 0 Å². The van der Waals surface area contributed by atoms with Gasteiger partial charge in [-0.25, -0.2) is 14.8 Å². The Hall–Kier alpha value is -1.85. The largest absolute Gasteiger partial charge is 0.480 e. The predicted molar refractivity (Wildman–Crippen MR) is 75.3 cm³/mol. The second kappa shape index (κ2) is 6.36. The van der Waals surface area contributed by atoms with Gasteiger partial charge >= 0.3 is 5.97 Å². The number of carboxylic acid groups (broad SMARTS) is 1. The van der Waals surface area contributed by atoms with Gasteiger partial charge in [-0.15, -0.1) is 0 Å². The lowest BCUT2D eigenvalue weighted by molar-refractivity contribution is -0.141. The molecular formula is C13H22N4O2. The number of aromatic nitrogens is 2. The van der Waals surface area contributed by atoms with Crippen LogP contribution in [0.1, 0.15) is 34.1 Å². The molecule has 1 heterocycles. The van der Waals surface area contributed by atoms with Crippen LogP contribution in [-0.4, -0.2) is 33.1 Å². The van der Waals surface area contributed by atoms with E-state index in [4.69, 9.17) is 5.11 Å². The van der Waals surface area contributed by atoms with Crippen molar-refractivity contribution in [2.24, 2.45) is 5.92 Å². The summed E-state index contributed by atoms with van der Waals surface area (Å²) in [5.74, 6) is 0.882. The van der Waals surface area contributed by atoms with Crippen molar-refractivity contribution in [1.29, 1.82) is 0 Å². The molecule has 1 aromatic heterocycles. The van der Waals surface area contributed by atoms with E-state index in [9.17, 15) is 4.79 Å². The molecule has 0 atom stereocenters. The Labute approximate surface area is 113 Å². The molecule has 19 heavy (non-hydrogen) atoms. The molecule has 0 spiro atoms. The quantitative estimate of drug-likeness (QED) is 0.701. The Morgan fingerprint density at radius 2 is 2.00 bits per heavy atom. The van der Waals surface area contributed by atoms with E-state index in [2.05, 4.69) is 34.4 Å². The fourth-order valence-corrected chi connectivity index (χ4v) is 1.38. The molecule has 0 aromatic carbocycles. The molecule has 0 amide bonds. The number of carbonyl (C=O) groups is 1. The number of nitrogens with zero attached hydrogens (tertiary/aromatic N) is 2. The summed E-state index contributed by atoms with van der Waals surface area (Å²) in [5.41, 5.74) is -1.07. The molecule has 0 aliphatic carbocycles. The average Bonchev–Trinajstić information content (AvgIpc) is 2.28. The molecule has 6 nitrogen and oxygen atoms in total. The molecule has 0 saturated heterocycles. The monoisotopic (exact) mass is 266 g/mol. The first-order chi connectivity index (χ1) is 8.81. The number of nitrogens with one attached hydrogen (secondary N) is 2. The summed E-state index contributed by atoms with van der Waals surface area (Å²) in [6.45, 7) is 8.32. The topological polar surface area (TPSA) is 87.1 Å². The Kier molecular flexibility index (Phi) is 5.09. The van der Waals surface area contributed by atoms with Gasteiger partial charge in [0.25, 0.3) is 0 Å². The van der Waals surface area contributed by atoms with Crippen molar-refractivity contribution in [2.45, 2.75) is 39.7 Å². The summed E-state index contributed by atoms with van der Waals surface area (Å²) >= 11 is 0. The van der Waals surface area contributed by atoms with E-state index in [-0.39, 0.29) is 0 Å². The number of hydrogen-bond donors (Lipinski definition) is 3. The van der Waals surface area contributed by atoms with Gasteiger partial charge in [0.15, 0.2) is 0 Å². The first-order valence-corrected chi connectivity index (χ1v) is 6.39. The highest BCUT2D eigenvalue weighted by molar-refractivity contribution is 5.81. The number of rotatable bonds is 7. The van der Waals surface area contributed by atoms with Crippen LogP contribution in [0.5, 0.6) is 0 Å².